The number of amides is 4. The summed E-state index contributed by atoms with van der Waals surface area (Å²) < 4.78 is 0. The molecule has 0 spiro atoms. The van der Waals surface area contributed by atoms with Crippen LogP contribution in [-0.2, 0) is 0 Å². The van der Waals surface area contributed by atoms with Crippen molar-refractivity contribution in [3.05, 3.63) is 29.8 Å². The second-order valence-corrected chi connectivity index (χ2v) is 4.54. The zero-order valence-electron chi connectivity index (χ0n) is 11.9. The molecule has 0 aromatic heterocycles. The van der Waals surface area contributed by atoms with Gasteiger partial charge >= 0.3 is 12.1 Å². The standard InChI is InChI=1S/C13H20N4O2.ClH/c1-10-6-4-5-7-11(10)15-13(19)17(12(14)18)9-8-16(2)3;/h4-7H,8-9H2,1-3H3,(H2,14,18)(H,15,19);1H. The van der Waals surface area contributed by atoms with Gasteiger partial charge in [-0.05, 0) is 32.6 Å². The first-order valence-electron chi connectivity index (χ1n) is 6.00. The number of para-hydroxylation sites is 1. The van der Waals surface area contributed by atoms with Crippen LogP contribution in [-0.4, -0.2) is 49.0 Å². The molecular weight excluding hydrogens is 280 g/mol. The second-order valence-electron chi connectivity index (χ2n) is 4.54. The Morgan fingerprint density at radius 1 is 1.20 bits per heavy atom. The fraction of sp³-hybridized carbons (Fsp3) is 0.385. The van der Waals surface area contributed by atoms with Gasteiger partial charge < -0.3 is 16.0 Å². The first kappa shape index (κ1) is 18.2. The number of nitrogens with one attached hydrogen (secondary N) is 1. The molecule has 0 heterocycles. The Bertz CT molecular complexity index is 465. The minimum atomic E-state index is -0.757. The van der Waals surface area contributed by atoms with Crippen LogP contribution in [0.5, 0.6) is 0 Å². The summed E-state index contributed by atoms with van der Waals surface area (Å²) in [4.78, 5) is 26.2. The molecule has 0 aliphatic heterocycles. The van der Waals surface area contributed by atoms with E-state index in [1.165, 1.54) is 0 Å². The van der Waals surface area contributed by atoms with Crippen molar-refractivity contribution in [3.8, 4) is 0 Å². The summed E-state index contributed by atoms with van der Waals surface area (Å²) in [5, 5.41) is 2.68. The molecule has 0 aliphatic carbocycles. The minimum Gasteiger partial charge on any atom is -0.351 e. The SMILES string of the molecule is Cc1ccccc1NC(=O)N(CCN(C)C)C(N)=O.Cl. The minimum absolute atomic E-state index is 0. The third-order valence-electron chi connectivity index (χ3n) is 2.67. The number of benzene rings is 1. The number of primary amides is 1. The fourth-order valence-electron chi connectivity index (χ4n) is 1.51. The lowest BCUT2D eigenvalue weighted by Crippen LogP contribution is -2.46. The number of nitrogens with zero attached hydrogens (tertiary/aromatic N) is 2. The van der Waals surface area contributed by atoms with Crippen LogP contribution in [0.2, 0.25) is 0 Å². The van der Waals surface area contributed by atoms with E-state index in [2.05, 4.69) is 5.32 Å². The molecule has 0 aliphatic rings. The van der Waals surface area contributed by atoms with Gasteiger partial charge in [0.25, 0.3) is 0 Å². The van der Waals surface area contributed by atoms with Crippen LogP contribution in [0.1, 0.15) is 5.56 Å². The number of anilines is 1. The number of urea groups is 2. The van der Waals surface area contributed by atoms with Gasteiger partial charge in [0.2, 0.25) is 0 Å². The highest BCUT2D eigenvalue weighted by Crippen LogP contribution is 2.13. The highest BCUT2D eigenvalue weighted by atomic mass is 35.5. The monoisotopic (exact) mass is 300 g/mol. The summed E-state index contributed by atoms with van der Waals surface area (Å²) >= 11 is 0. The number of carbonyl (C=O) groups excluding carboxylic acids is 2. The third kappa shape index (κ3) is 5.46. The zero-order valence-corrected chi connectivity index (χ0v) is 12.7. The highest BCUT2D eigenvalue weighted by Gasteiger charge is 2.19. The largest absolute Gasteiger partial charge is 0.351 e. The number of halogens is 1. The zero-order chi connectivity index (χ0) is 14.4. The van der Waals surface area contributed by atoms with Gasteiger partial charge in [0.1, 0.15) is 0 Å². The number of imide groups is 1. The Balaban J connectivity index is 0.00000361. The molecule has 0 unspecified atom stereocenters. The third-order valence-corrected chi connectivity index (χ3v) is 2.67. The van der Waals surface area contributed by atoms with Crippen LogP contribution in [0.3, 0.4) is 0 Å². The van der Waals surface area contributed by atoms with Crippen molar-refractivity contribution < 1.29 is 9.59 Å². The fourth-order valence-corrected chi connectivity index (χ4v) is 1.51. The molecule has 0 radical (unpaired) electrons. The molecule has 0 saturated carbocycles. The van der Waals surface area contributed by atoms with Crippen LogP contribution in [0, 0.1) is 6.92 Å². The maximum Gasteiger partial charge on any atom is 0.330 e. The summed E-state index contributed by atoms with van der Waals surface area (Å²) in [6, 6.07) is 6.08. The predicted molar refractivity (Wildman–Crippen MR) is 82.3 cm³/mol. The molecule has 4 amide bonds. The number of carbonyl (C=O) groups is 2. The smallest absolute Gasteiger partial charge is 0.330 e. The van der Waals surface area contributed by atoms with Gasteiger partial charge in [-0.15, -0.1) is 12.4 Å². The van der Waals surface area contributed by atoms with Gasteiger partial charge in [0, 0.05) is 18.8 Å². The maximum absolute atomic E-state index is 12.0. The lowest BCUT2D eigenvalue weighted by molar-refractivity contribution is 0.195. The average Bonchev–Trinajstić information content (AvgIpc) is 2.31. The van der Waals surface area contributed by atoms with E-state index in [1.54, 1.807) is 6.07 Å². The molecule has 7 heteroatoms. The molecule has 0 atom stereocenters. The summed E-state index contributed by atoms with van der Waals surface area (Å²) in [6.45, 7) is 2.69. The van der Waals surface area contributed by atoms with E-state index in [0.717, 1.165) is 10.5 Å². The predicted octanol–water partition coefficient (Wildman–Crippen LogP) is 1.89. The van der Waals surface area contributed by atoms with E-state index in [-0.39, 0.29) is 19.0 Å². The van der Waals surface area contributed by atoms with Gasteiger partial charge in [-0.3, -0.25) is 0 Å². The van der Waals surface area contributed by atoms with Gasteiger partial charge in [0.05, 0.1) is 0 Å². The van der Waals surface area contributed by atoms with Crippen LogP contribution in [0.25, 0.3) is 0 Å². The van der Waals surface area contributed by atoms with Crippen molar-refractivity contribution in [2.75, 3.05) is 32.5 Å². The summed E-state index contributed by atoms with van der Waals surface area (Å²) in [6.07, 6.45) is 0. The molecule has 1 rings (SSSR count). The molecule has 6 nitrogen and oxygen atoms in total. The van der Waals surface area contributed by atoms with Crippen LogP contribution < -0.4 is 11.1 Å². The van der Waals surface area contributed by atoms with E-state index in [4.69, 9.17) is 5.73 Å². The summed E-state index contributed by atoms with van der Waals surface area (Å²) in [5.74, 6) is 0. The van der Waals surface area contributed by atoms with Gasteiger partial charge in [-0.2, -0.15) is 0 Å². The van der Waals surface area contributed by atoms with E-state index in [1.807, 2.05) is 44.1 Å². The van der Waals surface area contributed by atoms with Crippen molar-refractivity contribution in [2.24, 2.45) is 5.73 Å². The quantitative estimate of drug-likeness (QED) is 0.891. The Hall–Kier alpha value is -1.79. The molecule has 20 heavy (non-hydrogen) atoms. The number of hydrogen-bond donors (Lipinski definition) is 2. The van der Waals surface area contributed by atoms with Crippen molar-refractivity contribution in [1.29, 1.82) is 0 Å². The molecule has 112 valence electrons. The van der Waals surface area contributed by atoms with E-state index in [0.29, 0.717) is 12.2 Å². The Labute approximate surface area is 125 Å². The van der Waals surface area contributed by atoms with Gasteiger partial charge in [-0.25, -0.2) is 14.5 Å². The lowest BCUT2D eigenvalue weighted by atomic mass is 10.2. The van der Waals surface area contributed by atoms with Crippen molar-refractivity contribution in [3.63, 3.8) is 0 Å². The average molecular weight is 301 g/mol. The molecule has 3 N–H and O–H groups in total. The highest BCUT2D eigenvalue weighted by molar-refractivity contribution is 6.00. The summed E-state index contributed by atoms with van der Waals surface area (Å²) in [7, 11) is 3.72. The first-order chi connectivity index (χ1) is 8.91. The molecule has 1 aromatic rings. The normalized spacial score (nSPS) is 9.80. The molecule has 0 saturated heterocycles. The Morgan fingerprint density at radius 2 is 1.80 bits per heavy atom. The molecule has 1 aromatic carbocycles. The number of rotatable bonds is 4. The number of hydrogen-bond acceptors (Lipinski definition) is 3. The van der Waals surface area contributed by atoms with E-state index >= 15 is 0 Å². The lowest BCUT2D eigenvalue weighted by Gasteiger charge is -2.21. The molecular formula is C13H21ClN4O2. The van der Waals surface area contributed by atoms with E-state index in [9.17, 15) is 9.59 Å². The van der Waals surface area contributed by atoms with Gasteiger partial charge in [0.15, 0.2) is 0 Å². The number of aryl methyl sites for hydroxylation is 1. The van der Waals surface area contributed by atoms with Crippen LogP contribution in [0.4, 0.5) is 15.3 Å². The Morgan fingerprint density at radius 3 is 2.30 bits per heavy atom. The maximum atomic E-state index is 12.0. The molecule has 0 fully saturated rings. The van der Waals surface area contributed by atoms with Gasteiger partial charge in [-0.1, -0.05) is 18.2 Å². The first-order valence-corrected chi connectivity index (χ1v) is 6.00. The van der Waals surface area contributed by atoms with Crippen LogP contribution in [0.15, 0.2) is 24.3 Å². The second kappa shape index (κ2) is 8.39. The van der Waals surface area contributed by atoms with Crippen molar-refractivity contribution >= 4 is 30.2 Å². The van der Waals surface area contributed by atoms with Crippen molar-refractivity contribution in [1.82, 2.24) is 9.80 Å². The molecule has 0 bridgehead atoms. The van der Waals surface area contributed by atoms with E-state index < -0.39 is 12.1 Å². The number of likely N-dealkylation sites (N-methyl/N-ethyl adjacent to an activating group) is 1. The van der Waals surface area contributed by atoms with Crippen LogP contribution >= 0.6 is 12.4 Å². The summed E-state index contributed by atoms with van der Waals surface area (Å²) in [5.41, 5.74) is 6.82. The Kier molecular flexibility index (Phi) is 7.64. The van der Waals surface area contributed by atoms with Crippen molar-refractivity contribution in [2.45, 2.75) is 6.92 Å². The topological polar surface area (TPSA) is 78.7 Å². The number of nitrogens with two attached hydrogens (primary N) is 1.